The smallest absolute Gasteiger partial charge is 0.319 e. The highest BCUT2D eigenvalue weighted by atomic mass is 16.4. The van der Waals surface area contributed by atoms with Crippen molar-refractivity contribution in [2.45, 2.75) is 38.6 Å². The number of aromatic nitrogens is 3. The summed E-state index contributed by atoms with van der Waals surface area (Å²) in [6, 6.07) is 7.27. The number of carbonyl (C=O) groups is 2. The first-order valence-electron chi connectivity index (χ1n) is 8.51. The molecule has 0 atom stereocenters. The van der Waals surface area contributed by atoms with E-state index in [1.54, 1.807) is 29.2 Å². The van der Waals surface area contributed by atoms with E-state index in [2.05, 4.69) is 15.4 Å². The van der Waals surface area contributed by atoms with Crippen molar-refractivity contribution in [3.8, 4) is 5.82 Å². The standard InChI is InChI=1S/C18H20N4O3/c23-15(18(16(24)25)11-17(12-18)6-2-7-17)19-10-13-4-1-5-14(21-13)22-9-3-8-20-22/h1,3-5,8-9H,2,6-7,10-12H2,(H,19,23)(H,24,25). The Morgan fingerprint density at radius 1 is 1.24 bits per heavy atom. The lowest BCUT2D eigenvalue weighted by Gasteiger charge is -2.58. The van der Waals surface area contributed by atoms with E-state index >= 15 is 0 Å². The monoisotopic (exact) mass is 340 g/mol. The van der Waals surface area contributed by atoms with Crippen LogP contribution in [0.15, 0.2) is 36.7 Å². The van der Waals surface area contributed by atoms with E-state index in [9.17, 15) is 14.7 Å². The zero-order valence-electron chi connectivity index (χ0n) is 13.8. The molecule has 0 unspecified atom stereocenters. The summed E-state index contributed by atoms with van der Waals surface area (Å²) in [4.78, 5) is 28.7. The zero-order chi connectivity index (χ0) is 17.5. The molecular formula is C18H20N4O3. The van der Waals surface area contributed by atoms with Crippen molar-refractivity contribution in [2.75, 3.05) is 0 Å². The molecule has 4 rings (SSSR count). The Bertz CT molecular complexity index is 803. The first kappa shape index (κ1) is 15.8. The molecule has 0 aromatic carbocycles. The summed E-state index contributed by atoms with van der Waals surface area (Å²) in [7, 11) is 0. The highest BCUT2D eigenvalue weighted by Crippen LogP contribution is 2.64. The van der Waals surface area contributed by atoms with Gasteiger partial charge in [0.15, 0.2) is 5.82 Å². The number of carbonyl (C=O) groups excluding carboxylic acids is 1. The highest BCUT2D eigenvalue weighted by molar-refractivity contribution is 6.03. The van der Waals surface area contributed by atoms with Crippen LogP contribution in [0.5, 0.6) is 0 Å². The van der Waals surface area contributed by atoms with Gasteiger partial charge in [0, 0.05) is 12.4 Å². The topological polar surface area (TPSA) is 97.1 Å². The van der Waals surface area contributed by atoms with Crippen molar-refractivity contribution in [1.29, 1.82) is 0 Å². The average molecular weight is 340 g/mol. The quantitative estimate of drug-likeness (QED) is 0.811. The lowest BCUT2D eigenvalue weighted by molar-refractivity contribution is -0.181. The van der Waals surface area contributed by atoms with E-state index in [1.807, 2.05) is 12.1 Å². The summed E-state index contributed by atoms with van der Waals surface area (Å²) < 4.78 is 1.64. The molecule has 7 heteroatoms. The number of carboxylic acids is 1. The maximum Gasteiger partial charge on any atom is 0.319 e. The molecule has 0 aliphatic heterocycles. The summed E-state index contributed by atoms with van der Waals surface area (Å²) in [6.07, 6.45) is 7.60. The summed E-state index contributed by atoms with van der Waals surface area (Å²) >= 11 is 0. The molecule has 0 radical (unpaired) electrons. The van der Waals surface area contributed by atoms with E-state index in [0.29, 0.717) is 24.4 Å². The number of nitrogens with one attached hydrogen (secondary N) is 1. The van der Waals surface area contributed by atoms with Gasteiger partial charge in [-0.2, -0.15) is 5.10 Å². The third-order valence-corrected chi connectivity index (χ3v) is 5.57. The Kier molecular flexibility index (Phi) is 3.59. The van der Waals surface area contributed by atoms with Crippen LogP contribution in [0.25, 0.3) is 5.82 Å². The maximum atomic E-state index is 12.6. The summed E-state index contributed by atoms with van der Waals surface area (Å²) in [5, 5.41) is 16.5. The molecule has 1 amide bonds. The number of aliphatic carboxylic acids is 1. The van der Waals surface area contributed by atoms with Gasteiger partial charge in [-0.1, -0.05) is 12.5 Å². The fourth-order valence-electron chi connectivity index (χ4n) is 4.11. The molecule has 25 heavy (non-hydrogen) atoms. The van der Waals surface area contributed by atoms with E-state index in [1.165, 1.54) is 0 Å². The van der Waals surface area contributed by atoms with Gasteiger partial charge in [-0.05, 0) is 49.3 Å². The van der Waals surface area contributed by atoms with Crippen molar-refractivity contribution < 1.29 is 14.7 Å². The molecule has 0 saturated heterocycles. The van der Waals surface area contributed by atoms with E-state index in [4.69, 9.17) is 0 Å². The number of pyridine rings is 1. The molecular weight excluding hydrogens is 320 g/mol. The van der Waals surface area contributed by atoms with E-state index < -0.39 is 17.3 Å². The Morgan fingerprint density at radius 2 is 2.04 bits per heavy atom. The van der Waals surface area contributed by atoms with Gasteiger partial charge in [0.2, 0.25) is 5.91 Å². The molecule has 7 nitrogen and oxygen atoms in total. The molecule has 0 bridgehead atoms. The van der Waals surface area contributed by atoms with E-state index in [0.717, 1.165) is 19.3 Å². The van der Waals surface area contributed by atoms with Gasteiger partial charge in [-0.15, -0.1) is 0 Å². The minimum absolute atomic E-state index is 0.105. The maximum absolute atomic E-state index is 12.6. The van der Waals surface area contributed by atoms with Gasteiger partial charge in [-0.25, -0.2) is 9.67 Å². The Balaban J connectivity index is 1.43. The van der Waals surface area contributed by atoms with Crippen LogP contribution in [0, 0.1) is 10.8 Å². The third kappa shape index (κ3) is 2.59. The highest BCUT2D eigenvalue weighted by Gasteiger charge is 2.64. The van der Waals surface area contributed by atoms with Gasteiger partial charge in [0.05, 0.1) is 12.2 Å². The van der Waals surface area contributed by atoms with Crippen molar-refractivity contribution in [1.82, 2.24) is 20.1 Å². The Labute approximate surface area is 145 Å². The number of rotatable bonds is 5. The second-order valence-electron chi connectivity index (χ2n) is 7.21. The summed E-state index contributed by atoms with van der Waals surface area (Å²) in [5.74, 6) is -0.758. The fourth-order valence-corrected chi connectivity index (χ4v) is 4.11. The zero-order valence-corrected chi connectivity index (χ0v) is 13.8. The Hall–Kier alpha value is -2.70. The minimum Gasteiger partial charge on any atom is -0.480 e. The van der Waals surface area contributed by atoms with Gasteiger partial charge in [0.25, 0.3) is 0 Å². The SMILES string of the molecule is O=C(O)C1(C(=O)NCc2cccc(-n3cccn3)n2)CC2(CCC2)C1. The first-order chi connectivity index (χ1) is 12.0. The molecule has 2 aromatic heterocycles. The van der Waals surface area contributed by atoms with Crippen LogP contribution in [0.1, 0.15) is 37.8 Å². The minimum atomic E-state index is -1.26. The van der Waals surface area contributed by atoms with Gasteiger partial charge in [0.1, 0.15) is 5.41 Å². The molecule has 2 fully saturated rings. The van der Waals surface area contributed by atoms with Crippen LogP contribution >= 0.6 is 0 Å². The Morgan fingerprint density at radius 3 is 2.64 bits per heavy atom. The number of hydrogen-bond acceptors (Lipinski definition) is 4. The fraction of sp³-hybridized carbons (Fsp3) is 0.444. The second kappa shape index (κ2) is 5.68. The van der Waals surface area contributed by atoms with Gasteiger partial charge < -0.3 is 10.4 Å². The van der Waals surface area contributed by atoms with Crippen LogP contribution in [0.4, 0.5) is 0 Å². The number of hydrogen-bond donors (Lipinski definition) is 2. The van der Waals surface area contributed by atoms with Crippen LogP contribution in [0.3, 0.4) is 0 Å². The van der Waals surface area contributed by atoms with Gasteiger partial charge in [-0.3, -0.25) is 9.59 Å². The molecule has 130 valence electrons. The second-order valence-corrected chi connectivity index (χ2v) is 7.21. The molecule has 2 saturated carbocycles. The molecule has 1 spiro atoms. The lowest BCUT2D eigenvalue weighted by Crippen LogP contribution is -2.61. The normalized spacial score (nSPS) is 19.7. The molecule has 2 N–H and O–H groups in total. The van der Waals surface area contributed by atoms with Crippen LogP contribution < -0.4 is 5.32 Å². The molecule has 2 aliphatic rings. The number of carboxylic acid groups (broad SMARTS) is 1. The predicted molar refractivity (Wildman–Crippen MR) is 88.8 cm³/mol. The van der Waals surface area contributed by atoms with Crippen LogP contribution in [-0.2, 0) is 16.1 Å². The summed E-state index contributed by atoms with van der Waals surface area (Å²) in [6.45, 7) is 0.204. The van der Waals surface area contributed by atoms with Crippen molar-refractivity contribution in [3.63, 3.8) is 0 Å². The largest absolute Gasteiger partial charge is 0.480 e. The van der Waals surface area contributed by atoms with Crippen LogP contribution in [0.2, 0.25) is 0 Å². The van der Waals surface area contributed by atoms with E-state index in [-0.39, 0.29) is 12.0 Å². The van der Waals surface area contributed by atoms with Crippen LogP contribution in [-0.4, -0.2) is 31.7 Å². The number of nitrogens with zero attached hydrogens (tertiary/aromatic N) is 3. The summed E-state index contributed by atoms with van der Waals surface area (Å²) in [5.41, 5.74) is -0.492. The third-order valence-electron chi connectivity index (χ3n) is 5.57. The van der Waals surface area contributed by atoms with Gasteiger partial charge >= 0.3 is 5.97 Å². The predicted octanol–water partition coefficient (Wildman–Crippen LogP) is 1.92. The van der Waals surface area contributed by atoms with Crippen molar-refractivity contribution >= 4 is 11.9 Å². The van der Waals surface area contributed by atoms with Crippen molar-refractivity contribution in [2.24, 2.45) is 10.8 Å². The molecule has 2 heterocycles. The first-order valence-corrected chi connectivity index (χ1v) is 8.51. The lowest BCUT2D eigenvalue weighted by atomic mass is 9.45. The average Bonchev–Trinajstić information content (AvgIpc) is 3.05. The number of amides is 1. The molecule has 2 aliphatic carbocycles. The molecule has 2 aromatic rings. The van der Waals surface area contributed by atoms with Crippen molar-refractivity contribution in [3.05, 3.63) is 42.4 Å².